The molecule has 3 heterocycles. The molecule has 1 N–H and O–H groups in total. The maximum absolute atomic E-state index is 12.8. The zero-order valence-corrected chi connectivity index (χ0v) is 18.2. The average molecular weight is 461 g/mol. The Morgan fingerprint density at radius 3 is 2.22 bits per heavy atom. The standard InChI is InChI=1S/C22H24N2O7S/c25-22(24(15-17-4-1-10-28-17)16-18-5-2-11-29-18)8-9-23-32(26,27)19-6-7-20-21(14-19)31-13-3-12-30-20/h1-2,4-7,10-11,14,23H,3,8-9,12-13,15-16H2. The van der Waals surface area contributed by atoms with Crippen LogP contribution in [0.15, 0.2) is 68.7 Å². The van der Waals surface area contributed by atoms with Gasteiger partial charge in [0.1, 0.15) is 11.5 Å². The van der Waals surface area contributed by atoms with E-state index >= 15 is 0 Å². The summed E-state index contributed by atoms with van der Waals surface area (Å²) in [6.45, 7) is 1.43. The maximum atomic E-state index is 12.8. The number of rotatable bonds is 9. The molecule has 2 aromatic heterocycles. The summed E-state index contributed by atoms with van der Waals surface area (Å²) in [4.78, 5) is 14.4. The van der Waals surface area contributed by atoms with Gasteiger partial charge in [-0.1, -0.05) is 0 Å². The number of furan rings is 2. The number of benzene rings is 1. The molecule has 1 amide bonds. The highest BCUT2D eigenvalue weighted by Gasteiger charge is 2.21. The van der Waals surface area contributed by atoms with Gasteiger partial charge < -0.3 is 23.2 Å². The average Bonchev–Trinajstić information content (AvgIpc) is 3.43. The van der Waals surface area contributed by atoms with Gasteiger partial charge in [-0.3, -0.25) is 4.79 Å². The Balaban J connectivity index is 1.38. The van der Waals surface area contributed by atoms with E-state index in [9.17, 15) is 13.2 Å². The first-order valence-corrected chi connectivity index (χ1v) is 11.7. The lowest BCUT2D eigenvalue weighted by atomic mass is 10.3. The molecule has 4 rings (SSSR count). The Morgan fingerprint density at radius 1 is 0.938 bits per heavy atom. The normalized spacial score (nSPS) is 13.5. The molecular formula is C22H24N2O7S. The summed E-state index contributed by atoms with van der Waals surface area (Å²) in [5.41, 5.74) is 0. The third kappa shape index (κ3) is 5.51. The number of carbonyl (C=O) groups is 1. The van der Waals surface area contributed by atoms with Crippen LogP contribution < -0.4 is 14.2 Å². The maximum Gasteiger partial charge on any atom is 0.240 e. The molecule has 0 aliphatic carbocycles. The van der Waals surface area contributed by atoms with Gasteiger partial charge >= 0.3 is 0 Å². The molecule has 0 saturated heterocycles. The zero-order valence-electron chi connectivity index (χ0n) is 17.4. The number of sulfonamides is 1. The van der Waals surface area contributed by atoms with Crippen LogP contribution in [0.4, 0.5) is 0 Å². The van der Waals surface area contributed by atoms with Crippen LogP contribution in [0.2, 0.25) is 0 Å². The molecule has 9 nitrogen and oxygen atoms in total. The minimum absolute atomic E-state index is 0.0226. The van der Waals surface area contributed by atoms with Crippen LogP contribution in [0, 0.1) is 0 Å². The first kappa shape index (κ1) is 22.0. The van der Waals surface area contributed by atoms with Crippen molar-refractivity contribution in [1.82, 2.24) is 9.62 Å². The van der Waals surface area contributed by atoms with Crippen LogP contribution in [-0.4, -0.2) is 39.0 Å². The number of hydrogen-bond donors (Lipinski definition) is 1. The lowest BCUT2D eigenvalue weighted by Crippen LogP contribution is -2.33. The van der Waals surface area contributed by atoms with Gasteiger partial charge in [0, 0.05) is 25.5 Å². The highest BCUT2D eigenvalue weighted by Crippen LogP contribution is 2.31. The number of nitrogens with one attached hydrogen (secondary N) is 1. The second kappa shape index (κ2) is 9.92. The van der Waals surface area contributed by atoms with Gasteiger partial charge in [-0.05, 0) is 36.4 Å². The number of nitrogens with zero attached hydrogens (tertiary/aromatic N) is 1. The minimum atomic E-state index is -3.82. The Kier molecular flexibility index (Phi) is 6.81. The number of hydrogen-bond acceptors (Lipinski definition) is 7. The van der Waals surface area contributed by atoms with Crippen LogP contribution in [0.25, 0.3) is 0 Å². The Morgan fingerprint density at radius 2 is 1.59 bits per heavy atom. The number of ether oxygens (including phenoxy) is 2. The van der Waals surface area contributed by atoms with E-state index in [1.54, 1.807) is 35.2 Å². The van der Waals surface area contributed by atoms with Crippen molar-refractivity contribution in [3.8, 4) is 11.5 Å². The van der Waals surface area contributed by atoms with Crippen LogP contribution in [0.3, 0.4) is 0 Å². The van der Waals surface area contributed by atoms with E-state index in [0.717, 1.165) is 6.42 Å². The summed E-state index contributed by atoms with van der Waals surface area (Å²) in [6.07, 6.45) is 3.78. The first-order chi connectivity index (χ1) is 15.5. The van der Waals surface area contributed by atoms with Crippen molar-refractivity contribution in [2.45, 2.75) is 30.8 Å². The molecule has 0 saturated carbocycles. The van der Waals surface area contributed by atoms with E-state index in [1.165, 1.54) is 24.7 Å². The number of amides is 1. The molecule has 0 atom stereocenters. The highest BCUT2D eigenvalue weighted by molar-refractivity contribution is 7.89. The molecule has 1 aliphatic rings. The van der Waals surface area contributed by atoms with Crippen molar-refractivity contribution in [1.29, 1.82) is 0 Å². The van der Waals surface area contributed by atoms with Gasteiger partial charge in [0.15, 0.2) is 11.5 Å². The van der Waals surface area contributed by atoms with Crippen molar-refractivity contribution in [2.24, 2.45) is 0 Å². The van der Waals surface area contributed by atoms with Crippen molar-refractivity contribution in [3.05, 3.63) is 66.5 Å². The van der Waals surface area contributed by atoms with Crippen LogP contribution >= 0.6 is 0 Å². The van der Waals surface area contributed by atoms with E-state index in [1.807, 2.05) is 0 Å². The Labute approximate surface area is 186 Å². The SMILES string of the molecule is O=C(CCNS(=O)(=O)c1ccc2c(c1)OCCCO2)N(Cc1ccco1)Cc1ccco1. The van der Waals surface area contributed by atoms with Gasteiger partial charge in [0.25, 0.3) is 0 Å². The van der Waals surface area contributed by atoms with Crippen LogP contribution in [0.5, 0.6) is 11.5 Å². The van der Waals surface area contributed by atoms with E-state index in [0.29, 0.717) is 36.2 Å². The predicted molar refractivity (Wildman–Crippen MR) is 114 cm³/mol. The lowest BCUT2D eigenvalue weighted by molar-refractivity contribution is -0.132. The summed E-state index contributed by atoms with van der Waals surface area (Å²) in [5.74, 6) is 1.92. The molecule has 170 valence electrons. The number of carbonyl (C=O) groups excluding carboxylic acids is 1. The predicted octanol–water partition coefficient (Wildman–Crippen LogP) is 2.93. The summed E-state index contributed by atoms with van der Waals surface area (Å²) >= 11 is 0. The summed E-state index contributed by atoms with van der Waals surface area (Å²) in [6, 6.07) is 11.5. The topological polar surface area (TPSA) is 111 Å². The summed E-state index contributed by atoms with van der Waals surface area (Å²) in [5, 5.41) is 0. The molecule has 1 aliphatic heterocycles. The summed E-state index contributed by atoms with van der Waals surface area (Å²) < 4.78 is 49.7. The third-order valence-electron chi connectivity index (χ3n) is 4.87. The molecule has 0 radical (unpaired) electrons. The van der Waals surface area contributed by atoms with Crippen molar-refractivity contribution in [2.75, 3.05) is 19.8 Å². The van der Waals surface area contributed by atoms with Gasteiger partial charge in [0.2, 0.25) is 15.9 Å². The molecule has 3 aromatic rings. The third-order valence-corrected chi connectivity index (χ3v) is 6.33. The Hall–Kier alpha value is -3.24. The lowest BCUT2D eigenvalue weighted by Gasteiger charge is -2.21. The monoisotopic (exact) mass is 460 g/mol. The van der Waals surface area contributed by atoms with Crippen LogP contribution in [0.1, 0.15) is 24.4 Å². The van der Waals surface area contributed by atoms with Crippen molar-refractivity contribution >= 4 is 15.9 Å². The smallest absolute Gasteiger partial charge is 0.240 e. The molecule has 32 heavy (non-hydrogen) atoms. The fourth-order valence-electron chi connectivity index (χ4n) is 3.26. The van der Waals surface area contributed by atoms with Crippen LogP contribution in [-0.2, 0) is 27.9 Å². The summed E-state index contributed by atoms with van der Waals surface area (Å²) in [7, 11) is -3.82. The number of fused-ring (bicyclic) bond motifs is 1. The first-order valence-electron chi connectivity index (χ1n) is 10.2. The van der Waals surface area contributed by atoms with E-state index in [2.05, 4.69) is 4.72 Å². The second-order valence-electron chi connectivity index (χ2n) is 7.22. The largest absolute Gasteiger partial charge is 0.490 e. The molecule has 0 fully saturated rings. The van der Waals surface area contributed by atoms with E-state index in [4.69, 9.17) is 18.3 Å². The van der Waals surface area contributed by atoms with Gasteiger partial charge in [-0.25, -0.2) is 13.1 Å². The second-order valence-corrected chi connectivity index (χ2v) is 8.98. The molecule has 10 heteroatoms. The minimum Gasteiger partial charge on any atom is -0.490 e. The van der Waals surface area contributed by atoms with Crippen molar-refractivity contribution < 1.29 is 31.5 Å². The van der Waals surface area contributed by atoms with Gasteiger partial charge in [-0.15, -0.1) is 0 Å². The van der Waals surface area contributed by atoms with E-state index < -0.39 is 10.0 Å². The Bertz CT molecular complexity index is 1090. The molecular weight excluding hydrogens is 436 g/mol. The zero-order chi connectivity index (χ0) is 22.4. The van der Waals surface area contributed by atoms with Crippen molar-refractivity contribution in [3.63, 3.8) is 0 Å². The van der Waals surface area contributed by atoms with Gasteiger partial charge in [0.05, 0.1) is 43.7 Å². The van der Waals surface area contributed by atoms with Gasteiger partial charge in [-0.2, -0.15) is 0 Å². The fourth-order valence-corrected chi connectivity index (χ4v) is 4.30. The molecule has 0 bridgehead atoms. The molecule has 0 unspecified atom stereocenters. The molecule has 0 spiro atoms. The molecule has 1 aromatic carbocycles. The highest BCUT2D eigenvalue weighted by atomic mass is 32.2. The fraction of sp³-hybridized carbons (Fsp3) is 0.318. The quantitative estimate of drug-likeness (QED) is 0.523. The van der Waals surface area contributed by atoms with E-state index in [-0.39, 0.29) is 36.9 Å².